The molecule has 6 heteroatoms. The summed E-state index contributed by atoms with van der Waals surface area (Å²) in [5, 5.41) is 23.4. The van der Waals surface area contributed by atoms with Crippen molar-refractivity contribution >= 4 is 5.69 Å². The van der Waals surface area contributed by atoms with Crippen LogP contribution in [0.5, 0.6) is 0 Å². The van der Waals surface area contributed by atoms with Crippen LogP contribution in [0.2, 0.25) is 0 Å². The minimum atomic E-state index is -0.480. The first-order chi connectivity index (χ1) is 7.18. The summed E-state index contributed by atoms with van der Waals surface area (Å²) in [7, 11) is 0. The van der Waals surface area contributed by atoms with Gasteiger partial charge in [-0.05, 0) is 12.1 Å². The Hall–Kier alpha value is -2.37. The number of nitro groups is 1. The van der Waals surface area contributed by atoms with Gasteiger partial charge in [-0.1, -0.05) is 12.1 Å². The molecule has 0 fully saturated rings. The number of hydrogen-bond acceptors (Lipinski definition) is 4. The number of rotatable bonds is 2. The van der Waals surface area contributed by atoms with E-state index in [-0.39, 0.29) is 5.69 Å². The Morgan fingerprint density at radius 3 is 2.67 bits per heavy atom. The monoisotopic (exact) mass is 205 g/mol. The van der Waals surface area contributed by atoms with Crippen molar-refractivity contribution in [1.29, 1.82) is 0 Å². The largest absolute Gasteiger partial charge is 0.412 e. The maximum Gasteiger partial charge on any atom is 0.278 e. The van der Waals surface area contributed by atoms with Crippen LogP contribution < -0.4 is 0 Å². The van der Waals surface area contributed by atoms with E-state index >= 15 is 0 Å². The van der Waals surface area contributed by atoms with Crippen LogP contribution in [-0.2, 0) is 0 Å². The molecule has 0 aliphatic carbocycles. The molecule has 0 bridgehead atoms. The predicted molar refractivity (Wildman–Crippen MR) is 51.5 cm³/mol. The van der Waals surface area contributed by atoms with Crippen LogP contribution in [0, 0.1) is 10.1 Å². The van der Waals surface area contributed by atoms with Crippen LogP contribution in [0.15, 0.2) is 36.5 Å². The maximum atomic E-state index is 10.7. The molecule has 0 atom stereocenters. The van der Waals surface area contributed by atoms with Crippen LogP contribution in [0.4, 0.5) is 5.69 Å². The van der Waals surface area contributed by atoms with Crippen molar-refractivity contribution in [3.63, 3.8) is 0 Å². The lowest BCUT2D eigenvalue weighted by Crippen LogP contribution is -1.93. The average Bonchev–Trinajstić information content (AvgIpc) is 2.65. The molecule has 0 aliphatic rings. The zero-order valence-corrected chi connectivity index (χ0v) is 7.57. The molecule has 6 nitrogen and oxygen atoms in total. The third-order valence-corrected chi connectivity index (χ3v) is 1.95. The Balaban J connectivity index is 2.57. The van der Waals surface area contributed by atoms with Crippen molar-refractivity contribution in [2.24, 2.45) is 0 Å². The molecule has 1 aromatic carbocycles. The van der Waals surface area contributed by atoms with Gasteiger partial charge in [0.1, 0.15) is 5.69 Å². The van der Waals surface area contributed by atoms with E-state index in [0.717, 1.165) is 0 Å². The summed E-state index contributed by atoms with van der Waals surface area (Å²) >= 11 is 0. The first-order valence-corrected chi connectivity index (χ1v) is 4.17. The van der Waals surface area contributed by atoms with Gasteiger partial charge in [0.25, 0.3) is 5.69 Å². The molecule has 1 heterocycles. The number of benzene rings is 1. The topological polar surface area (TPSA) is 81.2 Å². The van der Waals surface area contributed by atoms with Crippen LogP contribution in [0.3, 0.4) is 0 Å². The molecule has 15 heavy (non-hydrogen) atoms. The van der Waals surface area contributed by atoms with E-state index in [1.165, 1.54) is 18.3 Å². The normalized spacial score (nSPS) is 10.1. The average molecular weight is 205 g/mol. The van der Waals surface area contributed by atoms with Crippen LogP contribution in [0.1, 0.15) is 0 Å². The summed E-state index contributed by atoms with van der Waals surface area (Å²) in [6.07, 6.45) is 1.31. The number of nitrogens with zero attached hydrogens (tertiary/aromatic N) is 3. The lowest BCUT2D eigenvalue weighted by atomic mass is 10.1. The summed E-state index contributed by atoms with van der Waals surface area (Å²) < 4.78 is 0. The highest BCUT2D eigenvalue weighted by Crippen LogP contribution is 2.27. The third-order valence-electron chi connectivity index (χ3n) is 1.95. The molecule has 0 amide bonds. The van der Waals surface area contributed by atoms with Gasteiger partial charge in [-0.25, -0.2) is 0 Å². The van der Waals surface area contributed by atoms with E-state index in [4.69, 9.17) is 5.21 Å². The minimum Gasteiger partial charge on any atom is -0.412 e. The number of aromatic nitrogens is 2. The molecule has 1 N–H and O–H groups in total. The van der Waals surface area contributed by atoms with Crippen LogP contribution >= 0.6 is 0 Å². The Labute approximate surface area is 84.5 Å². The Morgan fingerprint density at radius 2 is 2.07 bits per heavy atom. The zero-order valence-electron chi connectivity index (χ0n) is 7.57. The number of nitro benzene ring substituents is 1. The Morgan fingerprint density at radius 1 is 1.33 bits per heavy atom. The highest BCUT2D eigenvalue weighted by atomic mass is 16.6. The highest BCUT2D eigenvalue weighted by Gasteiger charge is 2.15. The van der Waals surface area contributed by atoms with E-state index in [2.05, 4.69) is 5.10 Å². The summed E-state index contributed by atoms with van der Waals surface area (Å²) in [5.74, 6) is 0. The fourth-order valence-corrected chi connectivity index (χ4v) is 1.31. The van der Waals surface area contributed by atoms with Crippen molar-refractivity contribution < 1.29 is 10.1 Å². The second-order valence-corrected chi connectivity index (χ2v) is 2.90. The quantitative estimate of drug-likeness (QED) is 0.459. The summed E-state index contributed by atoms with van der Waals surface area (Å²) in [6.45, 7) is 0. The Kier molecular flexibility index (Phi) is 2.09. The molecule has 0 saturated heterocycles. The number of hydrogen-bond donors (Lipinski definition) is 1. The lowest BCUT2D eigenvalue weighted by molar-refractivity contribution is -0.384. The summed E-state index contributed by atoms with van der Waals surface area (Å²) in [6, 6.07) is 7.74. The van der Waals surface area contributed by atoms with Gasteiger partial charge >= 0.3 is 0 Å². The van der Waals surface area contributed by atoms with Gasteiger partial charge in [0.2, 0.25) is 0 Å². The van der Waals surface area contributed by atoms with Gasteiger partial charge in [0, 0.05) is 6.07 Å². The molecule has 0 saturated carbocycles. The van der Waals surface area contributed by atoms with Crippen LogP contribution in [-0.4, -0.2) is 20.1 Å². The molecule has 0 unspecified atom stereocenters. The molecule has 2 rings (SSSR count). The van der Waals surface area contributed by atoms with Gasteiger partial charge in [0.05, 0.1) is 16.7 Å². The second-order valence-electron chi connectivity index (χ2n) is 2.90. The van der Waals surface area contributed by atoms with Gasteiger partial charge in [-0.2, -0.15) is 0 Å². The molecule has 1 aromatic heterocycles. The fraction of sp³-hybridized carbons (Fsp3) is 0. The zero-order chi connectivity index (χ0) is 10.8. The van der Waals surface area contributed by atoms with Gasteiger partial charge in [0.15, 0.2) is 0 Å². The van der Waals surface area contributed by atoms with E-state index in [1.807, 2.05) is 0 Å². The van der Waals surface area contributed by atoms with Crippen LogP contribution in [0.25, 0.3) is 11.3 Å². The van der Waals surface area contributed by atoms with E-state index in [1.54, 1.807) is 18.2 Å². The highest BCUT2D eigenvalue weighted by molar-refractivity contribution is 5.69. The van der Waals surface area contributed by atoms with E-state index in [0.29, 0.717) is 16.1 Å². The third kappa shape index (κ3) is 1.64. The van der Waals surface area contributed by atoms with Crippen molar-refractivity contribution in [2.75, 3.05) is 0 Å². The Bertz CT molecular complexity index is 507. The SMILES string of the molecule is O=[N+]([O-])c1ccccc1-c1ccn(O)n1. The predicted octanol–water partition coefficient (Wildman–Crippen LogP) is 1.70. The first-order valence-electron chi connectivity index (χ1n) is 4.17. The molecule has 0 aliphatic heterocycles. The summed E-state index contributed by atoms with van der Waals surface area (Å²) in [5.41, 5.74) is 0.719. The van der Waals surface area contributed by atoms with Gasteiger partial charge < -0.3 is 5.21 Å². The van der Waals surface area contributed by atoms with Crippen molar-refractivity contribution in [1.82, 2.24) is 9.94 Å². The molecule has 76 valence electrons. The van der Waals surface area contributed by atoms with Gasteiger partial charge in [-0.3, -0.25) is 10.1 Å². The van der Waals surface area contributed by atoms with E-state index < -0.39 is 4.92 Å². The van der Waals surface area contributed by atoms with Crippen molar-refractivity contribution in [3.05, 3.63) is 46.6 Å². The number of para-hydroxylation sites is 1. The summed E-state index contributed by atoms with van der Waals surface area (Å²) in [4.78, 5) is 10.8. The molecular formula is C9H7N3O3. The first kappa shape index (κ1) is 9.20. The smallest absolute Gasteiger partial charge is 0.278 e. The standard InChI is InChI=1S/C9H7N3O3/c13-11-6-5-8(10-11)7-3-1-2-4-9(7)12(14)15/h1-6,13H. The molecular weight excluding hydrogens is 198 g/mol. The van der Waals surface area contributed by atoms with Gasteiger partial charge in [-0.15, -0.1) is 9.94 Å². The van der Waals surface area contributed by atoms with Crippen molar-refractivity contribution in [3.8, 4) is 11.3 Å². The minimum absolute atomic E-state index is 0.0313. The lowest BCUT2D eigenvalue weighted by Gasteiger charge is -1.97. The van der Waals surface area contributed by atoms with Crippen molar-refractivity contribution in [2.45, 2.75) is 0 Å². The fourth-order valence-electron chi connectivity index (χ4n) is 1.31. The maximum absolute atomic E-state index is 10.7. The van der Waals surface area contributed by atoms with E-state index in [9.17, 15) is 10.1 Å². The molecule has 0 radical (unpaired) electrons. The molecule has 2 aromatic rings. The second kappa shape index (κ2) is 3.41. The molecule has 0 spiro atoms.